The van der Waals surface area contributed by atoms with Crippen molar-refractivity contribution in [1.29, 1.82) is 0 Å². The predicted octanol–water partition coefficient (Wildman–Crippen LogP) is 1.45. The van der Waals surface area contributed by atoms with Crippen molar-refractivity contribution in [1.82, 2.24) is 5.32 Å². The van der Waals surface area contributed by atoms with Crippen LogP contribution in [0.15, 0.2) is 42.5 Å². The number of rotatable bonds is 5. The zero-order valence-corrected chi connectivity index (χ0v) is 16.1. The Labute approximate surface area is 167 Å². The maximum atomic E-state index is 14.7. The van der Waals surface area contributed by atoms with Crippen molar-refractivity contribution < 1.29 is 34.0 Å². The van der Waals surface area contributed by atoms with Crippen LogP contribution in [0.4, 0.5) is 4.39 Å². The molecule has 0 radical (unpaired) electrons. The molecule has 0 bridgehead atoms. The van der Waals surface area contributed by atoms with E-state index in [4.69, 9.17) is 9.47 Å². The number of aliphatic hydroxyl groups excluding tert-OH is 2. The molecule has 4 N–H and O–H groups in total. The average molecular weight is 405 g/mol. The molecule has 0 aliphatic carbocycles. The number of nitrogens with one attached hydrogen (secondary N) is 1. The van der Waals surface area contributed by atoms with Crippen LogP contribution in [0.3, 0.4) is 0 Å². The highest BCUT2D eigenvalue weighted by Crippen LogP contribution is 2.33. The lowest BCUT2D eigenvalue weighted by molar-refractivity contribution is -0.283. The van der Waals surface area contributed by atoms with Crippen LogP contribution in [0.5, 0.6) is 5.75 Å². The van der Waals surface area contributed by atoms with Gasteiger partial charge in [0.25, 0.3) is 5.91 Å². The minimum atomic E-state index is -1.73. The second-order valence-corrected chi connectivity index (χ2v) is 7.17. The Morgan fingerprint density at radius 1 is 1.34 bits per heavy atom. The number of halogens is 1. The Morgan fingerprint density at radius 3 is 2.76 bits per heavy atom. The standard InChI is InChI=1S/C21H24FNO6/c1-21(27)18(25)10-15(11-24)29-20(21)28-14-6-7-16(17(22)9-14)12-4-3-5-13(8-12)19(26)23-2/h3-9,15,18,20,24-25,27H,10-11H2,1-2H3,(H,23,26)/t15-,18-,20-,21-/m0/s1. The van der Waals surface area contributed by atoms with Crippen molar-refractivity contribution in [3.8, 4) is 16.9 Å². The summed E-state index contributed by atoms with van der Waals surface area (Å²) in [6.45, 7) is 1.01. The molecule has 3 rings (SSSR count). The minimum absolute atomic E-state index is 0.0539. The average Bonchev–Trinajstić information content (AvgIpc) is 2.71. The summed E-state index contributed by atoms with van der Waals surface area (Å²) in [6, 6.07) is 10.7. The third-order valence-electron chi connectivity index (χ3n) is 5.00. The van der Waals surface area contributed by atoms with E-state index in [9.17, 15) is 24.5 Å². The highest BCUT2D eigenvalue weighted by atomic mass is 19.1. The summed E-state index contributed by atoms with van der Waals surface area (Å²) < 4.78 is 25.8. The molecule has 1 saturated heterocycles. The summed E-state index contributed by atoms with van der Waals surface area (Å²) in [5.41, 5.74) is -0.539. The van der Waals surface area contributed by atoms with E-state index in [0.717, 1.165) is 6.07 Å². The summed E-state index contributed by atoms with van der Waals surface area (Å²) >= 11 is 0. The number of amides is 1. The van der Waals surface area contributed by atoms with Gasteiger partial charge in [-0.2, -0.15) is 0 Å². The van der Waals surface area contributed by atoms with Crippen LogP contribution in [0.2, 0.25) is 0 Å². The number of hydrogen-bond acceptors (Lipinski definition) is 6. The fourth-order valence-electron chi connectivity index (χ4n) is 3.18. The fourth-order valence-corrected chi connectivity index (χ4v) is 3.18. The molecule has 2 aromatic carbocycles. The normalized spacial score (nSPS) is 26.8. The zero-order valence-electron chi connectivity index (χ0n) is 16.1. The van der Waals surface area contributed by atoms with Gasteiger partial charge in [0, 0.05) is 30.7 Å². The van der Waals surface area contributed by atoms with E-state index in [2.05, 4.69) is 5.32 Å². The molecule has 0 spiro atoms. The van der Waals surface area contributed by atoms with E-state index >= 15 is 0 Å². The van der Waals surface area contributed by atoms with Crippen molar-refractivity contribution in [2.24, 2.45) is 0 Å². The lowest BCUT2D eigenvalue weighted by atomic mass is 9.90. The van der Waals surface area contributed by atoms with Gasteiger partial charge in [-0.3, -0.25) is 4.79 Å². The topological polar surface area (TPSA) is 108 Å². The van der Waals surface area contributed by atoms with Crippen molar-refractivity contribution in [2.45, 2.75) is 37.4 Å². The first-order valence-electron chi connectivity index (χ1n) is 9.21. The summed E-state index contributed by atoms with van der Waals surface area (Å²) in [5.74, 6) is -0.781. The third kappa shape index (κ3) is 4.40. The molecule has 2 aromatic rings. The molecule has 1 fully saturated rings. The first kappa shape index (κ1) is 21.2. The number of benzene rings is 2. The van der Waals surface area contributed by atoms with Crippen LogP contribution in [0, 0.1) is 5.82 Å². The Balaban J connectivity index is 1.84. The summed E-state index contributed by atoms with van der Waals surface area (Å²) in [7, 11) is 1.52. The second kappa shape index (κ2) is 8.46. The maximum absolute atomic E-state index is 14.7. The molecule has 4 atom stereocenters. The molecule has 29 heavy (non-hydrogen) atoms. The van der Waals surface area contributed by atoms with Crippen LogP contribution in [-0.2, 0) is 4.74 Å². The lowest BCUT2D eigenvalue weighted by Crippen LogP contribution is -2.60. The number of ether oxygens (including phenoxy) is 2. The highest BCUT2D eigenvalue weighted by Gasteiger charge is 2.48. The van der Waals surface area contributed by atoms with Crippen molar-refractivity contribution in [2.75, 3.05) is 13.7 Å². The Hall–Kier alpha value is -2.52. The van der Waals surface area contributed by atoms with E-state index in [1.54, 1.807) is 24.3 Å². The molecular weight excluding hydrogens is 381 g/mol. The summed E-state index contributed by atoms with van der Waals surface area (Å²) in [4.78, 5) is 11.8. The number of hydrogen-bond donors (Lipinski definition) is 4. The van der Waals surface area contributed by atoms with E-state index < -0.39 is 29.9 Å². The van der Waals surface area contributed by atoms with Gasteiger partial charge in [-0.1, -0.05) is 12.1 Å². The Bertz CT molecular complexity index is 887. The fraction of sp³-hybridized carbons (Fsp3) is 0.381. The van der Waals surface area contributed by atoms with Crippen LogP contribution in [0.25, 0.3) is 11.1 Å². The minimum Gasteiger partial charge on any atom is -0.462 e. The summed E-state index contributed by atoms with van der Waals surface area (Å²) in [5, 5.41) is 32.4. The van der Waals surface area contributed by atoms with Gasteiger partial charge in [0.2, 0.25) is 6.29 Å². The quantitative estimate of drug-likeness (QED) is 0.600. The molecule has 0 unspecified atom stereocenters. The highest BCUT2D eigenvalue weighted by molar-refractivity contribution is 5.95. The Kier molecular flexibility index (Phi) is 6.18. The van der Waals surface area contributed by atoms with Gasteiger partial charge in [0.1, 0.15) is 17.2 Å². The van der Waals surface area contributed by atoms with Gasteiger partial charge in [0.05, 0.1) is 18.8 Å². The van der Waals surface area contributed by atoms with Crippen LogP contribution < -0.4 is 10.1 Å². The monoisotopic (exact) mass is 405 g/mol. The first-order chi connectivity index (χ1) is 13.8. The maximum Gasteiger partial charge on any atom is 0.251 e. The molecule has 156 valence electrons. The molecule has 1 amide bonds. The number of carbonyl (C=O) groups excluding carboxylic acids is 1. The molecule has 8 heteroatoms. The largest absolute Gasteiger partial charge is 0.462 e. The predicted molar refractivity (Wildman–Crippen MR) is 103 cm³/mol. The van der Waals surface area contributed by atoms with Gasteiger partial charge >= 0.3 is 0 Å². The number of aliphatic hydroxyl groups is 3. The van der Waals surface area contributed by atoms with E-state index in [1.165, 1.54) is 26.1 Å². The first-order valence-corrected chi connectivity index (χ1v) is 9.21. The molecule has 7 nitrogen and oxygen atoms in total. The van der Waals surface area contributed by atoms with Crippen LogP contribution in [0.1, 0.15) is 23.7 Å². The van der Waals surface area contributed by atoms with E-state index in [0.29, 0.717) is 11.1 Å². The van der Waals surface area contributed by atoms with Crippen molar-refractivity contribution in [3.05, 3.63) is 53.8 Å². The molecule has 1 aliphatic rings. The van der Waals surface area contributed by atoms with Gasteiger partial charge in [-0.05, 0) is 36.8 Å². The van der Waals surface area contributed by atoms with Crippen LogP contribution in [-0.4, -0.2) is 59.0 Å². The Morgan fingerprint density at radius 2 is 2.10 bits per heavy atom. The molecule has 0 aromatic heterocycles. The molecule has 0 saturated carbocycles. The van der Waals surface area contributed by atoms with Gasteiger partial charge in [0.15, 0.2) is 0 Å². The van der Waals surface area contributed by atoms with Gasteiger partial charge in [-0.15, -0.1) is 0 Å². The van der Waals surface area contributed by atoms with Crippen LogP contribution >= 0.6 is 0 Å². The smallest absolute Gasteiger partial charge is 0.251 e. The van der Waals surface area contributed by atoms with Crippen molar-refractivity contribution in [3.63, 3.8) is 0 Å². The van der Waals surface area contributed by atoms with Gasteiger partial charge in [-0.25, -0.2) is 4.39 Å². The molecule has 1 heterocycles. The molecule has 1 aliphatic heterocycles. The summed E-state index contributed by atoms with van der Waals surface area (Å²) in [6.07, 6.45) is -3.11. The zero-order chi connectivity index (χ0) is 21.2. The van der Waals surface area contributed by atoms with Crippen molar-refractivity contribution >= 4 is 5.91 Å². The third-order valence-corrected chi connectivity index (χ3v) is 5.00. The van der Waals surface area contributed by atoms with E-state index in [-0.39, 0.29) is 30.2 Å². The second-order valence-electron chi connectivity index (χ2n) is 7.17. The van der Waals surface area contributed by atoms with Gasteiger partial charge < -0.3 is 30.1 Å². The number of carbonyl (C=O) groups is 1. The lowest BCUT2D eigenvalue weighted by Gasteiger charge is -2.43. The SMILES string of the molecule is CNC(=O)c1cccc(-c2ccc(O[C@H]3O[C@H](CO)C[C@H](O)[C@]3(C)O)cc2F)c1. The van der Waals surface area contributed by atoms with E-state index in [1.807, 2.05) is 0 Å². The molecular formula is C21H24FNO6.